The minimum absolute atomic E-state index is 0.211. The lowest BCUT2D eigenvalue weighted by atomic mass is 9.74. The van der Waals surface area contributed by atoms with Crippen molar-refractivity contribution >= 4 is 35.4 Å². The summed E-state index contributed by atoms with van der Waals surface area (Å²) in [5, 5.41) is 10.5. The lowest BCUT2D eigenvalue weighted by molar-refractivity contribution is -0.300. The molecule has 2 bridgehead atoms. The number of aliphatic hydroxyl groups is 1. The molecule has 4 aliphatic heterocycles. The molecule has 136 valence electrons. The van der Waals surface area contributed by atoms with E-state index in [1.54, 1.807) is 0 Å². The molecular formula is C15H19N3O5S2. The van der Waals surface area contributed by atoms with E-state index in [4.69, 9.17) is 9.47 Å². The van der Waals surface area contributed by atoms with Gasteiger partial charge >= 0.3 is 17.8 Å². The van der Waals surface area contributed by atoms with Gasteiger partial charge in [0.15, 0.2) is 0 Å². The van der Waals surface area contributed by atoms with Gasteiger partial charge in [-0.3, -0.25) is 0 Å². The molecule has 8 nitrogen and oxygen atoms in total. The van der Waals surface area contributed by atoms with Gasteiger partial charge in [-0.2, -0.15) is 8.75 Å². The number of aromatic nitrogens is 2. The molecule has 5 heterocycles. The molecule has 1 spiro atoms. The SMILES string of the molecule is CCC(O)CSc1nsnc1C1C2CCN(CC2)C12OC(=O)C(=O)O2. The summed E-state index contributed by atoms with van der Waals surface area (Å²) < 4.78 is 19.7. The molecular weight excluding hydrogens is 366 g/mol. The van der Waals surface area contributed by atoms with Crippen molar-refractivity contribution in [3.63, 3.8) is 0 Å². The molecule has 0 aliphatic carbocycles. The number of hydrogen-bond acceptors (Lipinski definition) is 10. The molecule has 0 aromatic carbocycles. The Labute approximate surface area is 153 Å². The quantitative estimate of drug-likeness (QED) is 0.451. The molecule has 2 atom stereocenters. The van der Waals surface area contributed by atoms with Gasteiger partial charge in [0.1, 0.15) is 16.6 Å². The molecule has 2 unspecified atom stereocenters. The van der Waals surface area contributed by atoms with Crippen LogP contribution in [0.5, 0.6) is 0 Å². The number of nitrogens with zero attached hydrogens (tertiary/aromatic N) is 3. The Hall–Kier alpha value is -1.23. The molecule has 1 aromatic rings. The number of thioether (sulfide) groups is 1. The maximum absolute atomic E-state index is 11.8. The van der Waals surface area contributed by atoms with Gasteiger partial charge in [-0.25, -0.2) is 14.5 Å². The number of esters is 2. The van der Waals surface area contributed by atoms with Crippen LogP contribution in [0.25, 0.3) is 0 Å². The van der Waals surface area contributed by atoms with E-state index in [9.17, 15) is 14.7 Å². The van der Waals surface area contributed by atoms with Crippen molar-refractivity contribution in [1.82, 2.24) is 13.6 Å². The maximum Gasteiger partial charge on any atom is 0.421 e. The Morgan fingerprint density at radius 1 is 1.32 bits per heavy atom. The zero-order chi connectivity index (χ0) is 17.6. The Balaban J connectivity index is 1.67. The van der Waals surface area contributed by atoms with Crippen molar-refractivity contribution in [2.75, 3.05) is 18.8 Å². The molecule has 0 amide bonds. The van der Waals surface area contributed by atoms with Crippen LogP contribution in [0.15, 0.2) is 5.03 Å². The second-order valence-electron chi connectivity index (χ2n) is 6.54. The second-order valence-corrected chi connectivity index (χ2v) is 8.08. The molecule has 1 aromatic heterocycles. The predicted octanol–water partition coefficient (Wildman–Crippen LogP) is 0.964. The molecule has 1 N–H and O–H groups in total. The van der Waals surface area contributed by atoms with E-state index < -0.39 is 24.0 Å². The van der Waals surface area contributed by atoms with E-state index in [0.29, 0.717) is 17.9 Å². The zero-order valence-corrected chi connectivity index (χ0v) is 15.3. The first-order chi connectivity index (χ1) is 12.0. The third-order valence-electron chi connectivity index (χ3n) is 5.15. The van der Waals surface area contributed by atoms with Gasteiger partial charge in [0.05, 0.1) is 17.8 Å². The minimum atomic E-state index is -1.39. The summed E-state index contributed by atoms with van der Waals surface area (Å²) in [6.07, 6.45) is 2.11. The van der Waals surface area contributed by atoms with Crippen molar-refractivity contribution in [2.45, 2.75) is 49.1 Å². The predicted molar refractivity (Wildman–Crippen MR) is 88.9 cm³/mol. The van der Waals surface area contributed by atoms with Crippen molar-refractivity contribution in [1.29, 1.82) is 0 Å². The normalized spacial score (nSPS) is 31.2. The van der Waals surface area contributed by atoms with E-state index in [1.165, 1.54) is 11.8 Å². The fraction of sp³-hybridized carbons (Fsp3) is 0.733. The Bertz CT molecular complexity index is 672. The first kappa shape index (κ1) is 17.2. The molecule has 0 saturated carbocycles. The van der Waals surface area contributed by atoms with Crippen LogP contribution < -0.4 is 0 Å². The number of carbonyl (C=O) groups is 2. The molecule has 4 aliphatic rings. The Morgan fingerprint density at radius 3 is 2.64 bits per heavy atom. The fourth-order valence-electron chi connectivity index (χ4n) is 3.83. The minimum Gasteiger partial charge on any atom is -0.399 e. The number of rotatable bonds is 5. The average molecular weight is 385 g/mol. The summed E-state index contributed by atoms with van der Waals surface area (Å²) in [6, 6.07) is 0. The van der Waals surface area contributed by atoms with Crippen LogP contribution in [-0.4, -0.2) is 61.5 Å². The van der Waals surface area contributed by atoms with Crippen molar-refractivity contribution < 1.29 is 24.2 Å². The summed E-state index contributed by atoms with van der Waals surface area (Å²) in [5.74, 6) is -2.90. The maximum atomic E-state index is 11.8. The highest BCUT2D eigenvalue weighted by molar-refractivity contribution is 7.99. The highest BCUT2D eigenvalue weighted by Crippen LogP contribution is 2.53. The van der Waals surface area contributed by atoms with E-state index in [2.05, 4.69) is 8.75 Å². The molecule has 10 heteroatoms. The topological polar surface area (TPSA) is 102 Å². The Morgan fingerprint density at radius 2 is 2.00 bits per heavy atom. The van der Waals surface area contributed by atoms with Crippen LogP contribution in [0.2, 0.25) is 0 Å². The lowest BCUT2D eigenvalue weighted by Crippen LogP contribution is -2.64. The molecule has 25 heavy (non-hydrogen) atoms. The number of carbonyl (C=O) groups excluding carboxylic acids is 2. The molecule has 5 rings (SSSR count). The van der Waals surface area contributed by atoms with E-state index in [0.717, 1.165) is 42.7 Å². The molecule has 4 fully saturated rings. The number of hydrogen-bond donors (Lipinski definition) is 1. The van der Waals surface area contributed by atoms with Crippen LogP contribution in [0, 0.1) is 5.92 Å². The fourth-order valence-corrected chi connectivity index (χ4v) is 5.60. The monoisotopic (exact) mass is 385 g/mol. The molecule has 0 radical (unpaired) electrons. The van der Waals surface area contributed by atoms with E-state index >= 15 is 0 Å². The van der Waals surface area contributed by atoms with E-state index in [1.807, 2.05) is 11.8 Å². The third-order valence-corrected chi connectivity index (χ3v) is 6.93. The van der Waals surface area contributed by atoms with Crippen LogP contribution >= 0.6 is 23.5 Å². The summed E-state index contributed by atoms with van der Waals surface area (Å²) in [7, 11) is 0. The van der Waals surface area contributed by atoms with Crippen LogP contribution in [-0.2, 0) is 19.1 Å². The standard InChI is InChI=1S/C15H19N3O5S2/c1-2-9(19)7-24-12-11(16-25-17-12)10-8-3-5-18(6-4-8)15(10)22-13(20)14(21)23-15/h8-10,19H,2-7H2,1H3. The highest BCUT2D eigenvalue weighted by Gasteiger charge is 2.65. The van der Waals surface area contributed by atoms with Gasteiger partial charge in [0, 0.05) is 18.8 Å². The van der Waals surface area contributed by atoms with Crippen molar-refractivity contribution in [3.8, 4) is 0 Å². The molecule has 4 saturated heterocycles. The summed E-state index contributed by atoms with van der Waals surface area (Å²) in [6.45, 7) is 3.36. The lowest BCUT2D eigenvalue weighted by Gasteiger charge is -2.53. The number of ether oxygens (including phenoxy) is 2. The number of fused-ring (bicyclic) bond motifs is 2. The summed E-state index contributed by atoms with van der Waals surface area (Å²) >= 11 is 2.53. The van der Waals surface area contributed by atoms with Gasteiger partial charge in [-0.05, 0) is 25.2 Å². The second kappa shape index (κ2) is 6.49. The summed E-state index contributed by atoms with van der Waals surface area (Å²) in [4.78, 5) is 25.5. The van der Waals surface area contributed by atoms with Gasteiger partial charge in [-0.15, -0.1) is 11.8 Å². The smallest absolute Gasteiger partial charge is 0.399 e. The zero-order valence-electron chi connectivity index (χ0n) is 13.7. The summed E-state index contributed by atoms with van der Waals surface area (Å²) in [5.41, 5.74) is 0.704. The number of piperidine rings is 3. The van der Waals surface area contributed by atoms with Crippen LogP contribution in [0.4, 0.5) is 0 Å². The third kappa shape index (κ3) is 2.75. The van der Waals surface area contributed by atoms with Crippen molar-refractivity contribution in [3.05, 3.63) is 5.69 Å². The first-order valence-corrected chi connectivity index (χ1v) is 10.1. The van der Waals surface area contributed by atoms with E-state index in [-0.39, 0.29) is 11.8 Å². The van der Waals surface area contributed by atoms with Crippen LogP contribution in [0.3, 0.4) is 0 Å². The van der Waals surface area contributed by atoms with Gasteiger partial charge < -0.3 is 14.6 Å². The first-order valence-electron chi connectivity index (χ1n) is 8.39. The van der Waals surface area contributed by atoms with Gasteiger partial charge in [0.25, 0.3) is 0 Å². The number of aliphatic hydroxyl groups excluding tert-OH is 1. The highest BCUT2D eigenvalue weighted by atomic mass is 32.2. The van der Waals surface area contributed by atoms with Gasteiger partial charge in [-0.1, -0.05) is 6.92 Å². The van der Waals surface area contributed by atoms with Gasteiger partial charge in [0.2, 0.25) is 0 Å². The van der Waals surface area contributed by atoms with Crippen LogP contribution in [0.1, 0.15) is 37.8 Å². The van der Waals surface area contributed by atoms with Crippen molar-refractivity contribution in [2.24, 2.45) is 5.92 Å². The Kier molecular flexibility index (Phi) is 4.47. The average Bonchev–Trinajstić information content (AvgIpc) is 3.19. The largest absolute Gasteiger partial charge is 0.421 e.